The van der Waals surface area contributed by atoms with Crippen LogP contribution in [0.5, 0.6) is 0 Å². The summed E-state index contributed by atoms with van der Waals surface area (Å²) in [6, 6.07) is 1.51. The van der Waals surface area contributed by atoms with Gasteiger partial charge < -0.3 is 0 Å². The topological polar surface area (TPSA) is 89.3 Å². The summed E-state index contributed by atoms with van der Waals surface area (Å²) >= 11 is 0. The minimum atomic E-state index is -3.69. The van der Waals surface area contributed by atoms with Crippen LogP contribution in [0, 0.1) is 30.9 Å². The lowest BCUT2D eigenvalue weighted by Gasteiger charge is -2.11. The van der Waals surface area contributed by atoms with E-state index in [1.54, 1.807) is 13.8 Å². The maximum atomic E-state index is 11.8. The Morgan fingerprint density at radius 3 is 2.18 bits per heavy atom. The molecule has 94 valence electrons. The zero-order valence-electron chi connectivity index (χ0n) is 10.1. The molecule has 17 heavy (non-hydrogen) atoms. The van der Waals surface area contributed by atoms with Crippen LogP contribution in [-0.4, -0.2) is 20.4 Å². The van der Waals surface area contributed by atoms with E-state index in [2.05, 4.69) is 4.72 Å². The predicted octanol–water partition coefficient (Wildman–Crippen LogP) is 1.43. The van der Waals surface area contributed by atoms with Crippen molar-refractivity contribution in [1.82, 2.24) is 4.72 Å². The largest absolute Gasteiger partial charge is 0.276 e. The minimum Gasteiger partial charge on any atom is -0.258 e. The molecule has 0 unspecified atom stereocenters. The molecule has 1 aromatic rings. The highest BCUT2D eigenvalue weighted by Crippen LogP contribution is 2.31. The third kappa shape index (κ3) is 2.29. The van der Waals surface area contributed by atoms with Gasteiger partial charge in [0.25, 0.3) is 5.69 Å². The number of hydrogen-bond donors (Lipinski definition) is 1. The molecule has 0 radical (unpaired) electrons. The Balaban J connectivity index is 3.76. The number of rotatable bonds is 3. The molecule has 7 heteroatoms. The van der Waals surface area contributed by atoms with E-state index in [9.17, 15) is 18.5 Å². The molecule has 0 aliphatic heterocycles. The number of nitro groups is 1. The standard InChI is InChI=1S/C10H14N2O4S/c1-6-5-7(2)10(17(15,16)11-4)8(3)9(6)12(13)14/h5,11H,1-4H3. The average Bonchev–Trinajstić information content (AvgIpc) is 2.15. The number of nitrogens with zero attached hydrogens (tertiary/aromatic N) is 1. The van der Waals surface area contributed by atoms with Crippen LogP contribution in [0.15, 0.2) is 11.0 Å². The zero-order chi connectivity index (χ0) is 13.4. The van der Waals surface area contributed by atoms with Crippen molar-refractivity contribution in [1.29, 1.82) is 0 Å². The van der Waals surface area contributed by atoms with E-state index in [1.807, 2.05) is 0 Å². The van der Waals surface area contributed by atoms with Crippen LogP contribution in [-0.2, 0) is 10.0 Å². The maximum Gasteiger partial charge on any atom is 0.276 e. The maximum absolute atomic E-state index is 11.8. The summed E-state index contributed by atoms with van der Waals surface area (Å²) in [5, 5.41) is 10.9. The molecule has 0 saturated heterocycles. The second-order valence-electron chi connectivity index (χ2n) is 3.78. The third-order valence-corrected chi connectivity index (χ3v) is 4.28. The second kappa shape index (κ2) is 4.42. The Kier molecular flexibility index (Phi) is 3.53. The van der Waals surface area contributed by atoms with Gasteiger partial charge in [-0.15, -0.1) is 0 Å². The predicted molar refractivity (Wildman–Crippen MR) is 63.6 cm³/mol. The number of benzene rings is 1. The molecule has 1 aromatic carbocycles. The number of aryl methyl sites for hydroxylation is 2. The molecular formula is C10H14N2O4S. The van der Waals surface area contributed by atoms with Crippen molar-refractivity contribution in [2.24, 2.45) is 0 Å². The first-order chi connectivity index (χ1) is 7.72. The van der Waals surface area contributed by atoms with E-state index in [0.29, 0.717) is 11.1 Å². The molecule has 0 saturated carbocycles. The van der Waals surface area contributed by atoms with Gasteiger partial charge in [-0.1, -0.05) is 0 Å². The van der Waals surface area contributed by atoms with Crippen molar-refractivity contribution < 1.29 is 13.3 Å². The van der Waals surface area contributed by atoms with E-state index in [4.69, 9.17) is 0 Å². The van der Waals surface area contributed by atoms with E-state index in [1.165, 1.54) is 20.0 Å². The first-order valence-electron chi connectivity index (χ1n) is 4.91. The van der Waals surface area contributed by atoms with Crippen molar-refractivity contribution in [2.75, 3.05) is 7.05 Å². The van der Waals surface area contributed by atoms with Gasteiger partial charge in [0.1, 0.15) is 0 Å². The molecule has 0 atom stereocenters. The number of nitrogens with one attached hydrogen (secondary N) is 1. The summed E-state index contributed by atoms with van der Waals surface area (Å²) in [7, 11) is -2.41. The van der Waals surface area contributed by atoms with Crippen molar-refractivity contribution in [3.8, 4) is 0 Å². The summed E-state index contributed by atoms with van der Waals surface area (Å²) < 4.78 is 25.8. The zero-order valence-corrected chi connectivity index (χ0v) is 10.9. The third-order valence-electron chi connectivity index (χ3n) is 2.58. The fourth-order valence-corrected chi connectivity index (χ4v) is 3.14. The van der Waals surface area contributed by atoms with Crippen LogP contribution in [0.1, 0.15) is 16.7 Å². The van der Waals surface area contributed by atoms with Crippen LogP contribution in [0.2, 0.25) is 0 Å². The van der Waals surface area contributed by atoms with E-state index >= 15 is 0 Å². The molecule has 0 fully saturated rings. The quantitative estimate of drug-likeness (QED) is 0.656. The van der Waals surface area contributed by atoms with Gasteiger partial charge in [-0.3, -0.25) is 10.1 Å². The lowest BCUT2D eigenvalue weighted by atomic mass is 10.1. The summed E-state index contributed by atoms with van der Waals surface area (Å²) in [6.45, 7) is 4.66. The minimum absolute atomic E-state index is 0.0164. The molecule has 0 bridgehead atoms. The summed E-state index contributed by atoms with van der Waals surface area (Å²) in [4.78, 5) is 10.3. The van der Waals surface area contributed by atoms with Gasteiger partial charge >= 0.3 is 0 Å². The molecule has 1 N–H and O–H groups in total. The van der Waals surface area contributed by atoms with Crippen LogP contribution in [0.25, 0.3) is 0 Å². The Morgan fingerprint density at radius 1 is 1.24 bits per heavy atom. The summed E-state index contributed by atoms with van der Waals surface area (Å²) in [6.07, 6.45) is 0. The van der Waals surface area contributed by atoms with Gasteiger partial charge in [0.2, 0.25) is 10.0 Å². The first kappa shape index (κ1) is 13.6. The monoisotopic (exact) mass is 258 g/mol. The molecule has 0 spiro atoms. The van der Waals surface area contributed by atoms with Gasteiger partial charge in [0.05, 0.1) is 9.82 Å². The van der Waals surface area contributed by atoms with Crippen molar-refractivity contribution in [3.05, 3.63) is 32.9 Å². The lowest BCUT2D eigenvalue weighted by molar-refractivity contribution is -0.386. The smallest absolute Gasteiger partial charge is 0.258 e. The van der Waals surface area contributed by atoms with Crippen molar-refractivity contribution in [2.45, 2.75) is 25.7 Å². The van der Waals surface area contributed by atoms with E-state index < -0.39 is 14.9 Å². The number of nitro benzene ring substituents is 1. The van der Waals surface area contributed by atoms with Crippen molar-refractivity contribution in [3.63, 3.8) is 0 Å². The normalized spacial score (nSPS) is 11.5. The molecule has 1 rings (SSSR count). The highest BCUT2D eigenvalue weighted by atomic mass is 32.2. The molecule has 0 amide bonds. The highest BCUT2D eigenvalue weighted by molar-refractivity contribution is 7.89. The van der Waals surface area contributed by atoms with Gasteiger partial charge in [-0.05, 0) is 39.4 Å². The second-order valence-corrected chi connectivity index (χ2v) is 5.60. The van der Waals surface area contributed by atoms with Crippen LogP contribution in [0.3, 0.4) is 0 Å². The summed E-state index contributed by atoms with van der Waals surface area (Å²) in [5.41, 5.74) is 0.978. The van der Waals surface area contributed by atoms with Crippen molar-refractivity contribution >= 4 is 15.7 Å². The van der Waals surface area contributed by atoms with Gasteiger partial charge in [0.15, 0.2) is 0 Å². The van der Waals surface area contributed by atoms with Gasteiger partial charge in [0, 0.05) is 11.1 Å². The SMILES string of the molecule is CNS(=O)(=O)c1c(C)cc(C)c([N+](=O)[O-])c1C. The van der Waals surface area contributed by atoms with Gasteiger partial charge in [-0.25, -0.2) is 13.1 Å². The molecule has 0 aromatic heterocycles. The molecule has 0 aliphatic rings. The Bertz CT molecular complexity index is 578. The lowest BCUT2D eigenvalue weighted by Crippen LogP contribution is -2.21. The molecular weight excluding hydrogens is 244 g/mol. The number of sulfonamides is 1. The summed E-state index contributed by atoms with van der Waals surface area (Å²) in [5.74, 6) is 0. The van der Waals surface area contributed by atoms with E-state index in [0.717, 1.165) is 0 Å². The Hall–Kier alpha value is -1.47. The van der Waals surface area contributed by atoms with Crippen LogP contribution >= 0.6 is 0 Å². The fourth-order valence-electron chi connectivity index (χ4n) is 1.95. The first-order valence-corrected chi connectivity index (χ1v) is 6.39. The molecule has 0 heterocycles. The highest BCUT2D eigenvalue weighted by Gasteiger charge is 2.26. The number of hydrogen-bond acceptors (Lipinski definition) is 4. The Morgan fingerprint density at radius 2 is 1.76 bits per heavy atom. The average molecular weight is 258 g/mol. The van der Waals surface area contributed by atoms with E-state index in [-0.39, 0.29) is 16.1 Å². The fraction of sp³-hybridized carbons (Fsp3) is 0.400. The Labute approximate surface area is 99.9 Å². The van der Waals surface area contributed by atoms with Crippen LogP contribution < -0.4 is 4.72 Å². The molecule has 0 aliphatic carbocycles. The van der Waals surface area contributed by atoms with Crippen LogP contribution in [0.4, 0.5) is 5.69 Å². The van der Waals surface area contributed by atoms with Gasteiger partial charge in [-0.2, -0.15) is 0 Å². The molecule has 6 nitrogen and oxygen atoms in total.